The summed E-state index contributed by atoms with van der Waals surface area (Å²) in [5, 5.41) is 14.1. The number of non-ortho nitro benzene ring substituents is 1. The highest BCUT2D eigenvalue weighted by atomic mass is 32.2. The molecule has 0 heterocycles. The van der Waals surface area contributed by atoms with Crippen LogP contribution in [0.2, 0.25) is 0 Å². The molecular weight excluding hydrogens is 418 g/mol. The third-order valence-electron chi connectivity index (χ3n) is 5.33. The highest BCUT2D eigenvalue weighted by Crippen LogP contribution is 2.27. The SMILES string of the molecule is CC[C@@H](C(=O)N[C@@H](C)c1cc(C)c(C)cc1C)N(c1cccc([N+](=O)[O-])c1)S(C)(=O)=O. The Kier molecular flexibility index (Phi) is 7.43. The zero-order valence-electron chi connectivity index (χ0n) is 18.7. The van der Waals surface area contributed by atoms with E-state index in [1.807, 2.05) is 33.8 Å². The van der Waals surface area contributed by atoms with Crippen molar-refractivity contribution in [2.75, 3.05) is 10.6 Å². The van der Waals surface area contributed by atoms with Crippen LogP contribution in [-0.4, -0.2) is 31.5 Å². The standard InChI is InChI=1S/C22H29N3O5S/c1-7-21(22(26)23-17(5)20-12-15(3)14(2)11-16(20)4)24(31(6,29)30)18-9-8-10-19(13-18)25(27)28/h8-13,17,21H,7H2,1-6H3,(H,23,26)/t17-,21-/m0/s1. The van der Waals surface area contributed by atoms with Gasteiger partial charge >= 0.3 is 0 Å². The first-order valence-electron chi connectivity index (χ1n) is 9.98. The Morgan fingerprint density at radius 3 is 2.29 bits per heavy atom. The van der Waals surface area contributed by atoms with Crippen molar-refractivity contribution in [1.82, 2.24) is 5.32 Å². The van der Waals surface area contributed by atoms with Crippen molar-refractivity contribution >= 4 is 27.3 Å². The molecule has 0 aliphatic heterocycles. The number of hydrogen-bond acceptors (Lipinski definition) is 5. The molecule has 2 aromatic rings. The molecule has 168 valence electrons. The summed E-state index contributed by atoms with van der Waals surface area (Å²) in [6.45, 7) is 9.53. The van der Waals surface area contributed by atoms with Crippen LogP contribution in [0.25, 0.3) is 0 Å². The van der Waals surface area contributed by atoms with Crippen molar-refractivity contribution in [2.45, 2.75) is 53.1 Å². The van der Waals surface area contributed by atoms with E-state index in [9.17, 15) is 23.3 Å². The fourth-order valence-corrected chi connectivity index (χ4v) is 4.84. The van der Waals surface area contributed by atoms with E-state index in [1.165, 1.54) is 18.2 Å². The molecule has 9 heteroatoms. The minimum atomic E-state index is -3.89. The van der Waals surface area contributed by atoms with Crippen LogP contribution >= 0.6 is 0 Å². The van der Waals surface area contributed by atoms with Gasteiger partial charge in [-0.1, -0.05) is 25.1 Å². The second kappa shape index (κ2) is 9.47. The zero-order valence-corrected chi connectivity index (χ0v) is 19.5. The number of amides is 1. The Bertz CT molecular complexity index is 1100. The zero-order chi connectivity index (χ0) is 23.5. The molecule has 0 fully saturated rings. The average Bonchev–Trinajstić information content (AvgIpc) is 2.67. The lowest BCUT2D eigenvalue weighted by Gasteiger charge is -2.31. The first kappa shape index (κ1) is 24.3. The highest BCUT2D eigenvalue weighted by molar-refractivity contribution is 7.92. The molecule has 2 atom stereocenters. The van der Waals surface area contributed by atoms with Crippen LogP contribution in [0.15, 0.2) is 36.4 Å². The third kappa shape index (κ3) is 5.61. The number of aryl methyl sites for hydroxylation is 3. The molecule has 0 spiro atoms. The van der Waals surface area contributed by atoms with Crippen LogP contribution in [-0.2, 0) is 14.8 Å². The lowest BCUT2D eigenvalue weighted by Crippen LogP contribution is -2.49. The molecular formula is C22H29N3O5S. The van der Waals surface area contributed by atoms with Gasteiger partial charge in [-0.05, 0) is 62.4 Å². The van der Waals surface area contributed by atoms with E-state index < -0.39 is 26.9 Å². The Morgan fingerprint density at radius 2 is 1.74 bits per heavy atom. The van der Waals surface area contributed by atoms with E-state index in [4.69, 9.17) is 0 Å². The second-order valence-corrected chi connectivity index (χ2v) is 9.64. The molecule has 2 rings (SSSR count). The van der Waals surface area contributed by atoms with Gasteiger partial charge < -0.3 is 5.32 Å². The van der Waals surface area contributed by atoms with Crippen LogP contribution in [0.4, 0.5) is 11.4 Å². The van der Waals surface area contributed by atoms with Gasteiger partial charge in [-0.25, -0.2) is 8.42 Å². The van der Waals surface area contributed by atoms with E-state index in [1.54, 1.807) is 6.92 Å². The monoisotopic (exact) mass is 447 g/mol. The van der Waals surface area contributed by atoms with Crippen LogP contribution in [0.5, 0.6) is 0 Å². The molecule has 1 amide bonds. The number of hydrogen-bond donors (Lipinski definition) is 1. The molecule has 8 nitrogen and oxygen atoms in total. The predicted octanol–water partition coefficient (Wildman–Crippen LogP) is 3.94. The van der Waals surface area contributed by atoms with Crippen molar-refractivity contribution in [1.29, 1.82) is 0 Å². The van der Waals surface area contributed by atoms with Crippen LogP contribution in [0, 0.1) is 30.9 Å². The van der Waals surface area contributed by atoms with Gasteiger partial charge in [0.15, 0.2) is 0 Å². The van der Waals surface area contributed by atoms with Gasteiger partial charge in [0.25, 0.3) is 5.69 Å². The molecule has 0 aliphatic rings. The lowest BCUT2D eigenvalue weighted by atomic mass is 9.96. The molecule has 0 unspecified atom stereocenters. The Balaban J connectivity index is 2.40. The maximum atomic E-state index is 13.2. The van der Waals surface area contributed by atoms with Crippen molar-refractivity contribution in [3.05, 3.63) is 68.8 Å². The minimum absolute atomic E-state index is 0.0775. The number of nitro benzene ring substituents is 1. The number of rotatable bonds is 8. The van der Waals surface area contributed by atoms with Gasteiger partial charge in [-0.15, -0.1) is 0 Å². The molecule has 0 saturated carbocycles. The number of carbonyl (C=O) groups is 1. The summed E-state index contributed by atoms with van der Waals surface area (Å²) in [4.78, 5) is 23.7. The predicted molar refractivity (Wildman–Crippen MR) is 122 cm³/mol. The first-order chi connectivity index (χ1) is 14.4. The number of nitrogens with one attached hydrogen (secondary N) is 1. The number of benzene rings is 2. The number of sulfonamides is 1. The Morgan fingerprint density at radius 1 is 1.13 bits per heavy atom. The van der Waals surface area contributed by atoms with Gasteiger partial charge in [0.05, 0.1) is 22.9 Å². The van der Waals surface area contributed by atoms with Crippen molar-refractivity contribution in [2.24, 2.45) is 0 Å². The number of nitro groups is 1. The normalized spacial score (nSPS) is 13.4. The summed E-state index contributed by atoms with van der Waals surface area (Å²) >= 11 is 0. The molecule has 0 radical (unpaired) electrons. The highest BCUT2D eigenvalue weighted by Gasteiger charge is 2.33. The molecule has 1 N–H and O–H groups in total. The summed E-state index contributed by atoms with van der Waals surface area (Å²) in [5.41, 5.74) is 4.06. The van der Waals surface area contributed by atoms with E-state index in [-0.39, 0.29) is 23.8 Å². The third-order valence-corrected chi connectivity index (χ3v) is 6.51. The molecule has 0 aliphatic carbocycles. The summed E-state index contributed by atoms with van der Waals surface area (Å²) < 4.78 is 26.1. The molecule has 31 heavy (non-hydrogen) atoms. The number of nitrogens with zero attached hydrogens (tertiary/aromatic N) is 2. The van der Waals surface area contributed by atoms with Crippen LogP contribution in [0.1, 0.15) is 48.6 Å². The summed E-state index contributed by atoms with van der Waals surface area (Å²) in [7, 11) is -3.89. The molecule has 0 aromatic heterocycles. The van der Waals surface area contributed by atoms with Crippen molar-refractivity contribution in [3.63, 3.8) is 0 Å². The first-order valence-corrected chi connectivity index (χ1v) is 11.8. The van der Waals surface area contributed by atoms with E-state index >= 15 is 0 Å². The quantitative estimate of drug-likeness (QED) is 0.487. The number of anilines is 1. The molecule has 2 aromatic carbocycles. The summed E-state index contributed by atoms with van der Waals surface area (Å²) in [6.07, 6.45) is 1.18. The van der Waals surface area contributed by atoms with Gasteiger partial charge in [-0.3, -0.25) is 19.2 Å². The van der Waals surface area contributed by atoms with Gasteiger partial charge in [0.2, 0.25) is 15.9 Å². The largest absolute Gasteiger partial charge is 0.348 e. The van der Waals surface area contributed by atoms with Crippen molar-refractivity contribution < 1.29 is 18.1 Å². The lowest BCUT2D eigenvalue weighted by molar-refractivity contribution is -0.384. The Hall–Kier alpha value is -2.94. The van der Waals surface area contributed by atoms with Gasteiger partial charge in [0.1, 0.15) is 6.04 Å². The van der Waals surface area contributed by atoms with E-state index in [0.717, 1.165) is 38.9 Å². The fourth-order valence-electron chi connectivity index (χ4n) is 3.64. The average molecular weight is 448 g/mol. The summed E-state index contributed by atoms with van der Waals surface area (Å²) in [6, 6.07) is 7.96. The molecule has 0 bridgehead atoms. The minimum Gasteiger partial charge on any atom is -0.348 e. The van der Waals surface area contributed by atoms with E-state index in [2.05, 4.69) is 11.4 Å². The maximum Gasteiger partial charge on any atom is 0.271 e. The van der Waals surface area contributed by atoms with Crippen molar-refractivity contribution in [3.8, 4) is 0 Å². The smallest absolute Gasteiger partial charge is 0.271 e. The van der Waals surface area contributed by atoms with Gasteiger partial charge in [-0.2, -0.15) is 0 Å². The van der Waals surface area contributed by atoms with E-state index in [0.29, 0.717) is 0 Å². The molecule has 0 saturated heterocycles. The van der Waals surface area contributed by atoms with Crippen LogP contribution in [0.3, 0.4) is 0 Å². The van der Waals surface area contributed by atoms with Gasteiger partial charge in [0, 0.05) is 12.1 Å². The topological polar surface area (TPSA) is 110 Å². The number of carbonyl (C=O) groups excluding carboxylic acids is 1. The van der Waals surface area contributed by atoms with Crippen LogP contribution < -0.4 is 9.62 Å². The maximum absolute atomic E-state index is 13.2. The Labute approximate surface area is 183 Å². The summed E-state index contributed by atoms with van der Waals surface area (Å²) in [5.74, 6) is -0.468. The second-order valence-electron chi connectivity index (χ2n) is 7.78. The fraction of sp³-hybridized carbons (Fsp3) is 0.409.